The fourth-order valence-electron chi connectivity index (χ4n) is 3.19. The number of carbonyl (C=O) groups excluding carboxylic acids is 1. The van der Waals surface area contributed by atoms with Gasteiger partial charge in [0.05, 0.1) is 30.0 Å². The number of imidazole rings is 1. The van der Waals surface area contributed by atoms with E-state index in [-0.39, 0.29) is 17.0 Å². The molecule has 0 radical (unpaired) electrons. The lowest BCUT2D eigenvalue weighted by molar-refractivity contribution is 0.102. The zero-order valence-corrected chi connectivity index (χ0v) is 14.6. The Morgan fingerprint density at radius 1 is 1.25 bits per heavy atom. The van der Waals surface area contributed by atoms with Crippen molar-refractivity contribution in [2.75, 3.05) is 11.1 Å². The van der Waals surface area contributed by atoms with E-state index in [2.05, 4.69) is 25.4 Å². The van der Waals surface area contributed by atoms with Crippen LogP contribution in [-0.2, 0) is 0 Å². The van der Waals surface area contributed by atoms with E-state index in [1.807, 2.05) is 10.8 Å². The molecule has 0 saturated heterocycles. The summed E-state index contributed by atoms with van der Waals surface area (Å²) >= 11 is 0. The van der Waals surface area contributed by atoms with E-state index in [0.29, 0.717) is 11.6 Å². The van der Waals surface area contributed by atoms with Crippen LogP contribution in [0.4, 0.5) is 15.9 Å². The van der Waals surface area contributed by atoms with Crippen molar-refractivity contribution in [3.05, 3.63) is 60.5 Å². The Balaban J connectivity index is 1.53. The van der Waals surface area contributed by atoms with Gasteiger partial charge in [0.2, 0.25) is 0 Å². The van der Waals surface area contributed by atoms with Gasteiger partial charge in [-0.1, -0.05) is 0 Å². The van der Waals surface area contributed by atoms with Crippen molar-refractivity contribution in [1.82, 2.24) is 29.1 Å². The molecular formula is C18H15FN8O. The van der Waals surface area contributed by atoms with Crippen LogP contribution in [0.3, 0.4) is 0 Å². The summed E-state index contributed by atoms with van der Waals surface area (Å²) in [4.78, 5) is 25.4. The number of amides is 1. The fraction of sp³-hybridized carbons (Fsp3) is 0.167. The van der Waals surface area contributed by atoms with E-state index in [9.17, 15) is 9.18 Å². The first-order chi connectivity index (χ1) is 13.6. The van der Waals surface area contributed by atoms with Crippen LogP contribution in [0.1, 0.15) is 34.9 Å². The molecule has 0 atom stereocenters. The molecule has 1 aliphatic rings. The molecule has 1 saturated carbocycles. The van der Waals surface area contributed by atoms with Crippen molar-refractivity contribution in [3.63, 3.8) is 0 Å². The first kappa shape index (κ1) is 16.4. The Kier molecular flexibility index (Phi) is 3.57. The molecule has 4 aromatic heterocycles. The number of hydrogen-bond donors (Lipinski definition) is 2. The smallest absolute Gasteiger partial charge is 0.263 e. The maximum atomic E-state index is 13.4. The normalized spacial score (nSPS) is 13.8. The number of anilines is 2. The Labute approximate surface area is 158 Å². The quantitative estimate of drug-likeness (QED) is 0.562. The monoisotopic (exact) mass is 378 g/mol. The van der Waals surface area contributed by atoms with E-state index in [1.165, 1.54) is 0 Å². The maximum Gasteiger partial charge on any atom is 0.263 e. The Hall–Kier alpha value is -3.82. The number of nitrogen functional groups attached to an aromatic ring is 1. The van der Waals surface area contributed by atoms with Crippen molar-refractivity contribution < 1.29 is 9.18 Å². The summed E-state index contributed by atoms with van der Waals surface area (Å²) in [5, 5.41) is 6.77. The molecule has 3 N–H and O–H groups in total. The van der Waals surface area contributed by atoms with Crippen molar-refractivity contribution in [3.8, 4) is 5.69 Å². The number of nitrogens with two attached hydrogens (primary N) is 1. The summed E-state index contributed by atoms with van der Waals surface area (Å²) in [6, 6.07) is 1.80. The third-order valence-electron chi connectivity index (χ3n) is 4.61. The van der Waals surface area contributed by atoms with Crippen LogP contribution in [-0.4, -0.2) is 35.0 Å². The van der Waals surface area contributed by atoms with Crippen LogP contribution in [0.2, 0.25) is 0 Å². The second-order valence-corrected chi connectivity index (χ2v) is 6.58. The molecule has 1 fully saturated rings. The second-order valence-electron chi connectivity index (χ2n) is 6.58. The minimum absolute atomic E-state index is 0.0395. The number of aromatic nitrogens is 6. The van der Waals surface area contributed by atoms with Gasteiger partial charge >= 0.3 is 0 Å². The molecule has 9 nitrogen and oxygen atoms in total. The summed E-state index contributed by atoms with van der Waals surface area (Å²) in [6.45, 7) is 0. The molecule has 0 unspecified atom stereocenters. The molecule has 1 aliphatic carbocycles. The molecule has 0 bridgehead atoms. The first-order valence-corrected chi connectivity index (χ1v) is 8.70. The molecule has 5 rings (SSSR count). The van der Waals surface area contributed by atoms with Crippen LogP contribution < -0.4 is 11.1 Å². The zero-order chi connectivity index (χ0) is 19.3. The highest BCUT2D eigenvalue weighted by Crippen LogP contribution is 2.40. The molecule has 0 spiro atoms. The Bertz CT molecular complexity index is 1210. The van der Waals surface area contributed by atoms with Crippen molar-refractivity contribution in [2.45, 2.75) is 18.8 Å². The summed E-state index contributed by atoms with van der Waals surface area (Å²) in [5.74, 6) is 0.260. The van der Waals surface area contributed by atoms with E-state index in [0.717, 1.165) is 41.3 Å². The van der Waals surface area contributed by atoms with Gasteiger partial charge in [-0.15, -0.1) is 5.10 Å². The van der Waals surface area contributed by atoms with Gasteiger partial charge in [0, 0.05) is 24.5 Å². The van der Waals surface area contributed by atoms with Gasteiger partial charge in [0.25, 0.3) is 5.91 Å². The van der Waals surface area contributed by atoms with Gasteiger partial charge in [-0.05, 0) is 18.9 Å². The zero-order valence-electron chi connectivity index (χ0n) is 14.6. The third kappa shape index (κ3) is 2.66. The summed E-state index contributed by atoms with van der Waals surface area (Å²) in [6.07, 6.45) is 11.1. The predicted octanol–water partition coefficient (Wildman–Crippen LogP) is 2.16. The number of nitrogens with zero attached hydrogens (tertiary/aromatic N) is 6. The predicted molar refractivity (Wildman–Crippen MR) is 98.6 cm³/mol. The van der Waals surface area contributed by atoms with Crippen LogP contribution >= 0.6 is 0 Å². The summed E-state index contributed by atoms with van der Waals surface area (Å²) in [5.41, 5.74) is 7.36. The number of nitrogens with one attached hydrogen (secondary N) is 1. The van der Waals surface area contributed by atoms with Gasteiger partial charge in [-0.3, -0.25) is 9.78 Å². The van der Waals surface area contributed by atoms with Crippen LogP contribution in [0.5, 0.6) is 0 Å². The molecular weight excluding hydrogens is 363 g/mol. The van der Waals surface area contributed by atoms with Gasteiger partial charge in [0.15, 0.2) is 17.3 Å². The first-order valence-electron chi connectivity index (χ1n) is 8.70. The van der Waals surface area contributed by atoms with Crippen LogP contribution in [0.15, 0.2) is 43.2 Å². The number of rotatable bonds is 4. The molecule has 4 aromatic rings. The standard InChI is InChI=1S/C18H15FN8O/c19-11-7-23-17-14(15(20)25-27(17)9-11)18(28)24-12-8-21-4-3-13(12)26-6-5-22-16(26)10-1-2-10/h3-10H,1-2H2,(H2,20,25)(H,24,28). The molecule has 10 heteroatoms. The lowest BCUT2D eigenvalue weighted by atomic mass is 10.2. The fourth-order valence-corrected chi connectivity index (χ4v) is 3.19. The van der Waals surface area contributed by atoms with Crippen LogP contribution in [0, 0.1) is 5.82 Å². The number of carbonyl (C=O) groups is 1. The molecule has 0 aromatic carbocycles. The van der Waals surface area contributed by atoms with Crippen molar-refractivity contribution >= 4 is 23.1 Å². The Morgan fingerprint density at radius 2 is 2.11 bits per heavy atom. The molecule has 140 valence electrons. The van der Waals surface area contributed by atoms with E-state index < -0.39 is 11.7 Å². The maximum absolute atomic E-state index is 13.4. The average molecular weight is 378 g/mol. The second kappa shape index (κ2) is 6.12. The van der Waals surface area contributed by atoms with Crippen molar-refractivity contribution in [2.24, 2.45) is 0 Å². The lowest BCUT2D eigenvalue weighted by Crippen LogP contribution is -2.16. The van der Waals surface area contributed by atoms with E-state index in [1.54, 1.807) is 24.7 Å². The largest absolute Gasteiger partial charge is 0.381 e. The molecule has 4 heterocycles. The van der Waals surface area contributed by atoms with Crippen molar-refractivity contribution in [1.29, 1.82) is 0 Å². The average Bonchev–Trinajstić information content (AvgIpc) is 3.31. The lowest BCUT2D eigenvalue weighted by Gasteiger charge is -2.13. The minimum atomic E-state index is -0.579. The highest BCUT2D eigenvalue weighted by molar-refractivity contribution is 6.12. The van der Waals surface area contributed by atoms with Gasteiger partial charge < -0.3 is 15.6 Å². The van der Waals surface area contributed by atoms with Gasteiger partial charge in [-0.25, -0.2) is 18.9 Å². The third-order valence-corrected chi connectivity index (χ3v) is 4.61. The number of fused-ring (bicyclic) bond motifs is 1. The highest BCUT2D eigenvalue weighted by Gasteiger charge is 2.29. The van der Waals surface area contributed by atoms with Gasteiger partial charge in [0.1, 0.15) is 11.4 Å². The summed E-state index contributed by atoms with van der Waals surface area (Å²) in [7, 11) is 0. The minimum Gasteiger partial charge on any atom is -0.381 e. The number of hydrogen-bond acceptors (Lipinski definition) is 6. The SMILES string of the molecule is Nc1nn2cc(F)cnc2c1C(=O)Nc1cnccc1-n1ccnc1C1CC1. The molecule has 1 amide bonds. The highest BCUT2D eigenvalue weighted by atomic mass is 19.1. The summed E-state index contributed by atoms with van der Waals surface area (Å²) < 4.78 is 16.5. The Morgan fingerprint density at radius 3 is 2.93 bits per heavy atom. The number of halogens is 1. The topological polar surface area (TPSA) is 116 Å². The molecule has 28 heavy (non-hydrogen) atoms. The van der Waals surface area contributed by atoms with E-state index >= 15 is 0 Å². The van der Waals surface area contributed by atoms with E-state index in [4.69, 9.17) is 5.73 Å². The molecule has 0 aliphatic heterocycles. The van der Waals surface area contributed by atoms with Crippen LogP contribution in [0.25, 0.3) is 11.3 Å². The van der Waals surface area contributed by atoms with Gasteiger partial charge in [-0.2, -0.15) is 0 Å². The number of pyridine rings is 1.